The van der Waals surface area contributed by atoms with Crippen LogP contribution in [0.25, 0.3) is 10.9 Å². The van der Waals surface area contributed by atoms with Gasteiger partial charge < -0.3 is 4.74 Å². The molecular formula is C16H17NO3. The van der Waals surface area contributed by atoms with E-state index in [1.165, 1.54) is 0 Å². The van der Waals surface area contributed by atoms with Crippen LogP contribution in [0.2, 0.25) is 0 Å². The van der Waals surface area contributed by atoms with Crippen LogP contribution in [0.1, 0.15) is 36.7 Å². The predicted molar refractivity (Wildman–Crippen MR) is 76.6 cm³/mol. The Balaban J connectivity index is 1.95. The fourth-order valence-corrected chi connectivity index (χ4v) is 1.98. The minimum Gasteiger partial charge on any atom is -0.466 e. The molecule has 4 heteroatoms. The smallest absolute Gasteiger partial charge is 0.305 e. The molecule has 0 radical (unpaired) electrons. The summed E-state index contributed by atoms with van der Waals surface area (Å²) in [4.78, 5) is 27.5. The first kappa shape index (κ1) is 14.2. The van der Waals surface area contributed by atoms with Crippen LogP contribution in [0.3, 0.4) is 0 Å². The Hall–Kier alpha value is -2.23. The lowest BCUT2D eigenvalue weighted by atomic mass is 10.1. The summed E-state index contributed by atoms with van der Waals surface area (Å²) in [6.07, 6.45) is 1.07. The van der Waals surface area contributed by atoms with Crippen molar-refractivity contribution in [3.63, 3.8) is 0 Å². The van der Waals surface area contributed by atoms with Crippen LogP contribution in [0.4, 0.5) is 0 Å². The van der Waals surface area contributed by atoms with Gasteiger partial charge >= 0.3 is 5.97 Å². The van der Waals surface area contributed by atoms with Gasteiger partial charge in [0.25, 0.3) is 0 Å². The van der Waals surface area contributed by atoms with Crippen LogP contribution in [-0.2, 0) is 9.53 Å². The molecule has 0 atom stereocenters. The van der Waals surface area contributed by atoms with Gasteiger partial charge in [0.15, 0.2) is 5.78 Å². The fraction of sp³-hybridized carbons (Fsp3) is 0.312. The first-order valence-corrected chi connectivity index (χ1v) is 6.75. The zero-order valence-electron chi connectivity index (χ0n) is 11.5. The number of carbonyl (C=O) groups excluding carboxylic acids is 2. The number of hydrogen-bond donors (Lipinski definition) is 0. The van der Waals surface area contributed by atoms with Gasteiger partial charge in [-0.2, -0.15) is 0 Å². The van der Waals surface area contributed by atoms with E-state index in [1.54, 1.807) is 13.0 Å². The van der Waals surface area contributed by atoms with E-state index in [-0.39, 0.29) is 18.2 Å². The summed E-state index contributed by atoms with van der Waals surface area (Å²) >= 11 is 0. The van der Waals surface area contributed by atoms with Crippen LogP contribution >= 0.6 is 0 Å². The molecule has 0 aliphatic rings. The van der Waals surface area contributed by atoms with Crippen LogP contribution < -0.4 is 0 Å². The molecule has 4 nitrogen and oxygen atoms in total. The number of para-hydroxylation sites is 1. The molecule has 20 heavy (non-hydrogen) atoms. The lowest BCUT2D eigenvalue weighted by Gasteiger charge is -2.03. The maximum absolute atomic E-state index is 12.0. The molecule has 1 aromatic heterocycles. The van der Waals surface area contributed by atoms with E-state index in [0.29, 0.717) is 25.1 Å². The molecule has 0 spiro atoms. The van der Waals surface area contributed by atoms with Crippen molar-refractivity contribution in [1.82, 2.24) is 4.98 Å². The van der Waals surface area contributed by atoms with Crippen LogP contribution in [0, 0.1) is 0 Å². The van der Waals surface area contributed by atoms with E-state index >= 15 is 0 Å². The van der Waals surface area contributed by atoms with Gasteiger partial charge in [-0.25, -0.2) is 4.98 Å². The minimum absolute atomic E-state index is 0.0416. The highest BCUT2D eigenvalue weighted by atomic mass is 16.5. The van der Waals surface area contributed by atoms with Crippen LogP contribution in [-0.4, -0.2) is 23.3 Å². The Bertz CT molecular complexity index is 622. The van der Waals surface area contributed by atoms with Gasteiger partial charge in [0.05, 0.1) is 12.1 Å². The van der Waals surface area contributed by atoms with E-state index in [1.807, 2.05) is 30.3 Å². The quantitative estimate of drug-likeness (QED) is 0.598. The van der Waals surface area contributed by atoms with Gasteiger partial charge in [0, 0.05) is 18.2 Å². The molecule has 0 fully saturated rings. The van der Waals surface area contributed by atoms with Gasteiger partial charge in [0.1, 0.15) is 5.69 Å². The molecule has 2 aromatic rings. The van der Waals surface area contributed by atoms with E-state index in [9.17, 15) is 9.59 Å². The Morgan fingerprint density at radius 2 is 1.90 bits per heavy atom. The van der Waals surface area contributed by atoms with Crippen molar-refractivity contribution in [2.75, 3.05) is 6.61 Å². The Labute approximate surface area is 117 Å². The van der Waals surface area contributed by atoms with Gasteiger partial charge in [-0.05, 0) is 25.5 Å². The molecule has 0 N–H and O–H groups in total. The summed E-state index contributed by atoms with van der Waals surface area (Å²) in [5, 5.41) is 1.01. The number of pyridine rings is 1. The number of benzene rings is 1. The van der Waals surface area contributed by atoms with Gasteiger partial charge in [-0.15, -0.1) is 0 Å². The highest BCUT2D eigenvalue weighted by Gasteiger charge is 2.10. The molecule has 0 bridgehead atoms. The zero-order chi connectivity index (χ0) is 14.4. The number of ketones is 1. The summed E-state index contributed by atoms with van der Waals surface area (Å²) in [5.74, 6) is -0.299. The Morgan fingerprint density at radius 1 is 1.10 bits per heavy atom. The number of carbonyl (C=O) groups is 2. The fourth-order valence-electron chi connectivity index (χ4n) is 1.98. The van der Waals surface area contributed by atoms with Gasteiger partial charge in [0.2, 0.25) is 0 Å². The number of nitrogens with zero attached hydrogens (tertiary/aromatic N) is 1. The first-order valence-electron chi connectivity index (χ1n) is 6.75. The normalized spacial score (nSPS) is 10.4. The predicted octanol–water partition coefficient (Wildman–Crippen LogP) is 3.15. The lowest BCUT2D eigenvalue weighted by molar-refractivity contribution is -0.143. The average molecular weight is 271 g/mol. The highest BCUT2D eigenvalue weighted by Crippen LogP contribution is 2.13. The van der Waals surface area contributed by atoms with Crippen LogP contribution in [0.15, 0.2) is 36.4 Å². The van der Waals surface area contributed by atoms with Gasteiger partial charge in [-0.1, -0.05) is 24.3 Å². The second kappa shape index (κ2) is 6.80. The lowest BCUT2D eigenvalue weighted by Crippen LogP contribution is -2.06. The molecule has 0 saturated carbocycles. The number of ether oxygens (including phenoxy) is 1. The molecule has 0 unspecified atom stereocenters. The number of rotatable bonds is 6. The van der Waals surface area contributed by atoms with Crippen molar-refractivity contribution in [3.8, 4) is 0 Å². The minimum atomic E-state index is -0.258. The second-order valence-electron chi connectivity index (χ2n) is 4.47. The standard InChI is InChI=1S/C16H17NO3/c1-2-20-16(19)9-5-8-15(18)14-11-10-12-6-3-4-7-13(12)17-14/h3-4,6-7,10-11H,2,5,8-9H2,1H3. The van der Waals surface area contributed by atoms with Crippen molar-refractivity contribution in [2.45, 2.75) is 26.2 Å². The van der Waals surface area contributed by atoms with Crippen molar-refractivity contribution in [2.24, 2.45) is 0 Å². The molecule has 104 valence electrons. The van der Waals surface area contributed by atoms with E-state index in [0.717, 1.165) is 10.9 Å². The number of Topliss-reactive ketones (excluding diaryl/α,β-unsaturated/α-hetero) is 1. The third-order valence-corrected chi connectivity index (χ3v) is 2.97. The molecular weight excluding hydrogens is 254 g/mol. The Kier molecular flexibility index (Phi) is 4.82. The highest BCUT2D eigenvalue weighted by molar-refractivity contribution is 5.96. The second-order valence-corrected chi connectivity index (χ2v) is 4.47. The summed E-state index contributed by atoms with van der Waals surface area (Å²) in [5.41, 5.74) is 1.26. The molecule has 0 saturated heterocycles. The number of aromatic nitrogens is 1. The summed E-state index contributed by atoms with van der Waals surface area (Å²) < 4.78 is 4.82. The van der Waals surface area contributed by atoms with Gasteiger partial charge in [-0.3, -0.25) is 9.59 Å². The number of hydrogen-bond acceptors (Lipinski definition) is 4. The molecule has 0 aliphatic heterocycles. The van der Waals surface area contributed by atoms with Crippen LogP contribution in [0.5, 0.6) is 0 Å². The third kappa shape index (κ3) is 3.63. The topological polar surface area (TPSA) is 56.3 Å². The SMILES string of the molecule is CCOC(=O)CCCC(=O)c1ccc2ccccc2n1. The molecule has 2 rings (SSSR count). The average Bonchev–Trinajstić information content (AvgIpc) is 2.47. The first-order chi connectivity index (χ1) is 9.70. The van der Waals surface area contributed by atoms with Crippen molar-refractivity contribution in [1.29, 1.82) is 0 Å². The maximum Gasteiger partial charge on any atom is 0.305 e. The monoisotopic (exact) mass is 271 g/mol. The summed E-state index contributed by atoms with van der Waals surface area (Å²) in [6.45, 7) is 2.14. The summed E-state index contributed by atoms with van der Waals surface area (Å²) in [6, 6.07) is 11.3. The number of fused-ring (bicyclic) bond motifs is 1. The van der Waals surface area contributed by atoms with E-state index in [4.69, 9.17) is 4.74 Å². The van der Waals surface area contributed by atoms with E-state index in [2.05, 4.69) is 4.98 Å². The van der Waals surface area contributed by atoms with Crippen molar-refractivity contribution < 1.29 is 14.3 Å². The third-order valence-electron chi connectivity index (χ3n) is 2.97. The summed E-state index contributed by atoms with van der Waals surface area (Å²) in [7, 11) is 0. The number of esters is 1. The molecule has 1 heterocycles. The molecule has 1 aromatic carbocycles. The Morgan fingerprint density at radius 3 is 2.70 bits per heavy atom. The largest absolute Gasteiger partial charge is 0.466 e. The molecule has 0 aliphatic carbocycles. The zero-order valence-corrected chi connectivity index (χ0v) is 11.5. The molecule has 0 amide bonds. The van der Waals surface area contributed by atoms with Crippen molar-refractivity contribution in [3.05, 3.63) is 42.1 Å². The maximum atomic E-state index is 12.0. The van der Waals surface area contributed by atoms with Crippen molar-refractivity contribution >= 4 is 22.7 Å². The van der Waals surface area contributed by atoms with E-state index < -0.39 is 0 Å².